The second-order valence-corrected chi connectivity index (χ2v) is 31.3. The van der Waals surface area contributed by atoms with E-state index in [0.717, 1.165) is 115 Å². The first-order valence-corrected chi connectivity index (χ1v) is 42.5. The largest absolute Gasteiger partial charge is 0.472 e. The highest BCUT2D eigenvalue weighted by atomic mass is 31.2. The summed E-state index contributed by atoms with van der Waals surface area (Å²) in [4.78, 5) is 72.6. The van der Waals surface area contributed by atoms with Gasteiger partial charge in [-0.25, -0.2) is 9.13 Å². The van der Waals surface area contributed by atoms with Gasteiger partial charge in [-0.2, -0.15) is 0 Å². The molecule has 0 bridgehead atoms. The van der Waals surface area contributed by atoms with Gasteiger partial charge in [0.2, 0.25) is 0 Å². The van der Waals surface area contributed by atoms with E-state index < -0.39 is 97.5 Å². The summed E-state index contributed by atoms with van der Waals surface area (Å²) in [5, 5.41) is 10.6. The maximum Gasteiger partial charge on any atom is 0.472 e. The van der Waals surface area contributed by atoms with Crippen LogP contribution in [0.3, 0.4) is 0 Å². The van der Waals surface area contributed by atoms with Crippen LogP contribution in [0.2, 0.25) is 0 Å². The summed E-state index contributed by atoms with van der Waals surface area (Å²) in [6.07, 6.45) is 55.8. The number of hydrogen-bond donors (Lipinski definition) is 3. The van der Waals surface area contributed by atoms with Crippen LogP contribution in [-0.2, 0) is 65.4 Å². The summed E-state index contributed by atoms with van der Waals surface area (Å²) in [6, 6.07) is 0. The Bertz CT molecular complexity index is 1840. The van der Waals surface area contributed by atoms with Crippen molar-refractivity contribution in [1.29, 1.82) is 0 Å². The smallest absolute Gasteiger partial charge is 0.462 e. The van der Waals surface area contributed by atoms with Crippen LogP contribution in [0.25, 0.3) is 0 Å². The molecule has 0 radical (unpaired) electrons. The van der Waals surface area contributed by atoms with Gasteiger partial charge in [-0.1, -0.05) is 343 Å². The number of phosphoric acid groups is 2. The van der Waals surface area contributed by atoms with Crippen molar-refractivity contribution in [2.45, 2.75) is 413 Å². The van der Waals surface area contributed by atoms with Crippen molar-refractivity contribution in [3.8, 4) is 0 Å². The van der Waals surface area contributed by atoms with Crippen LogP contribution in [0.15, 0.2) is 0 Å². The Morgan fingerprint density at radius 1 is 0.284 bits per heavy atom. The molecule has 0 aromatic heterocycles. The van der Waals surface area contributed by atoms with Gasteiger partial charge >= 0.3 is 39.5 Å². The van der Waals surface area contributed by atoms with Gasteiger partial charge in [-0.3, -0.25) is 37.3 Å². The summed E-state index contributed by atoms with van der Waals surface area (Å²) in [5.41, 5.74) is 0. The molecule has 0 aliphatic carbocycles. The maximum absolute atomic E-state index is 13.1. The number of ether oxygens (including phenoxy) is 4. The first-order valence-electron chi connectivity index (χ1n) is 39.5. The van der Waals surface area contributed by atoms with E-state index in [1.165, 1.54) is 199 Å². The van der Waals surface area contributed by atoms with Crippen LogP contribution in [0.1, 0.15) is 395 Å². The number of carbonyl (C=O) groups is 4. The van der Waals surface area contributed by atoms with Gasteiger partial charge in [0, 0.05) is 25.7 Å². The summed E-state index contributed by atoms with van der Waals surface area (Å²) in [6.45, 7) is 9.54. The van der Waals surface area contributed by atoms with E-state index in [1.54, 1.807) is 0 Å². The zero-order chi connectivity index (χ0) is 70.0. The van der Waals surface area contributed by atoms with E-state index in [9.17, 15) is 43.2 Å². The van der Waals surface area contributed by atoms with Gasteiger partial charge in [-0.05, 0) is 37.5 Å². The summed E-state index contributed by atoms with van der Waals surface area (Å²) in [5.74, 6) is -0.597. The molecular weight excluding hydrogens is 1250 g/mol. The molecule has 95 heavy (non-hydrogen) atoms. The molecule has 3 N–H and O–H groups in total. The standard InChI is InChI=1S/C76H148O17P2/c1-7-9-11-13-15-16-17-18-19-20-21-22-25-29-32-35-42-48-54-60-75(80)92-72(65-87-74(79)59-53-47-41-34-31-28-26-23-24-27-30-33-39-44-50-56-68(3)4)67-91-95(84,85)89-63-70(77)62-88-94(82,83)90-66-71(64-86-73(78)58-52-46-38-14-12-10-8-2)93-76(81)61-55-49-43-37-36-40-45-51-57-69(5)6/h68-72,77H,7-67H2,1-6H3,(H,82,83)(H,84,85)/t70-,71+,72+/m0/s1. The predicted molar refractivity (Wildman–Crippen MR) is 386 cm³/mol. The molecule has 0 spiro atoms. The van der Waals surface area contributed by atoms with Crippen molar-refractivity contribution >= 4 is 39.5 Å². The zero-order valence-electron chi connectivity index (χ0n) is 62.0. The fourth-order valence-electron chi connectivity index (χ4n) is 11.7. The second-order valence-electron chi connectivity index (χ2n) is 28.3. The molecule has 0 rings (SSSR count). The number of phosphoric ester groups is 2. The lowest BCUT2D eigenvalue weighted by Crippen LogP contribution is -2.30. The van der Waals surface area contributed by atoms with Crippen molar-refractivity contribution in [2.24, 2.45) is 11.8 Å². The number of esters is 4. The SMILES string of the molecule is CCCCCCCCCCCCCCCCCCCCCC(=O)O[C@H](COC(=O)CCCCCCCCCCCCCCCCCC(C)C)COP(=O)(O)OC[C@@H](O)COP(=O)(O)OC[C@@H](COC(=O)CCCCCCCCC)OC(=O)CCCCCCCCCCC(C)C. The highest BCUT2D eigenvalue weighted by Gasteiger charge is 2.30. The molecule has 0 aromatic rings. The number of unbranched alkanes of at least 4 members (excludes halogenated alkanes) is 45. The number of aliphatic hydroxyl groups excluding tert-OH is 1. The minimum Gasteiger partial charge on any atom is -0.462 e. The molecule has 0 saturated heterocycles. The first-order chi connectivity index (χ1) is 45.9. The lowest BCUT2D eigenvalue weighted by atomic mass is 10.0. The third kappa shape index (κ3) is 70.3. The summed E-state index contributed by atoms with van der Waals surface area (Å²) < 4.78 is 68.4. The van der Waals surface area contributed by atoms with E-state index in [1.807, 2.05) is 0 Å². The fourth-order valence-corrected chi connectivity index (χ4v) is 13.2. The van der Waals surface area contributed by atoms with Crippen LogP contribution in [-0.4, -0.2) is 96.7 Å². The predicted octanol–water partition coefficient (Wildman–Crippen LogP) is 22.3. The molecule has 0 aliphatic heterocycles. The van der Waals surface area contributed by atoms with Gasteiger partial charge in [0.1, 0.15) is 19.3 Å². The lowest BCUT2D eigenvalue weighted by Gasteiger charge is -2.21. The highest BCUT2D eigenvalue weighted by molar-refractivity contribution is 7.47. The Morgan fingerprint density at radius 2 is 0.484 bits per heavy atom. The molecule has 17 nitrogen and oxygen atoms in total. The third-order valence-corrected chi connectivity index (χ3v) is 19.6. The molecule has 0 aromatic carbocycles. The molecule has 5 atom stereocenters. The fraction of sp³-hybridized carbons (Fsp3) is 0.947. The molecule has 0 saturated carbocycles. The Morgan fingerprint density at radius 3 is 0.716 bits per heavy atom. The second kappa shape index (κ2) is 67.9. The average Bonchev–Trinajstić information content (AvgIpc) is 3.26. The van der Waals surface area contributed by atoms with Gasteiger partial charge in [0.05, 0.1) is 26.4 Å². The van der Waals surface area contributed by atoms with E-state index in [4.69, 9.17) is 37.0 Å². The van der Waals surface area contributed by atoms with E-state index in [-0.39, 0.29) is 25.7 Å². The minimum atomic E-state index is -4.96. The quantitative estimate of drug-likeness (QED) is 0.0222. The molecule has 0 heterocycles. The normalized spacial score (nSPS) is 14.0. The topological polar surface area (TPSA) is 237 Å². The van der Waals surface area contributed by atoms with Crippen LogP contribution >= 0.6 is 15.6 Å². The maximum atomic E-state index is 13.1. The van der Waals surface area contributed by atoms with Crippen molar-refractivity contribution in [2.75, 3.05) is 39.6 Å². The molecular formula is C76H148O17P2. The highest BCUT2D eigenvalue weighted by Crippen LogP contribution is 2.45. The van der Waals surface area contributed by atoms with Gasteiger partial charge in [-0.15, -0.1) is 0 Å². The molecule has 0 amide bonds. The molecule has 19 heteroatoms. The van der Waals surface area contributed by atoms with Crippen molar-refractivity contribution in [3.05, 3.63) is 0 Å². The van der Waals surface area contributed by atoms with E-state index in [0.29, 0.717) is 25.7 Å². The molecule has 0 aliphatic rings. The van der Waals surface area contributed by atoms with Crippen molar-refractivity contribution < 1.29 is 80.2 Å². The summed E-state index contributed by atoms with van der Waals surface area (Å²) >= 11 is 0. The Labute approximate surface area is 581 Å². The Kier molecular flexibility index (Phi) is 66.5. The van der Waals surface area contributed by atoms with Crippen LogP contribution < -0.4 is 0 Å². The van der Waals surface area contributed by atoms with Gasteiger partial charge in [0.15, 0.2) is 12.2 Å². The van der Waals surface area contributed by atoms with Crippen LogP contribution in [0, 0.1) is 11.8 Å². The Balaban J connectivity index is 5.17. The average molecular weight is 1400 g/mol. The van der Waals surface area contributed by atoms with E-state index in [2.05, 4.69) is 41.5 Å². The molecule has 2 unspecified atom stereocenters. The number of hydrogen-bond acceptors (Lipinski definition) is 15. The summed E-state index contributed by atoms with van der Waals surface area (Å²) in [7, 11) is -9.90. The van der Waals surface area contributed by atoms with Crippen molar-refractivity contribution in [3.63, 3.8) is 0 Å². The Hall–Kier alpha value is -1.94. The lowest BCUT2D eigenvalue weighted by molar-refractivity contribution is -0.161. The van der Waals surface area contributed by atoms with Crippen molar-refractivity contribution in [1.82, 2.24) is 0 Å². The minimum absolute atomic E-state index is 0.104. The van der Waals surface area contributed by atoms with Crippen LogP contribution in [0.4, 0.5) is 0 Å². The number of rotatable bonds is 75. The van der Waals surface area contributed by atoms with Gasteiger partial charge < -0.3 is 33.8 Å². The van der Waals surface area contributed by atoms with Gasteiger partial charge in [0.25, 0.3) is 0 Å². The van der Waals surface area contributed by atoms with E-state index >= 15 is 0 Å². The monoisotopic (exact) mass is 1400 g/mol. The first kappa shape index (κ1) is 93.1. The zero-order valence-corrected chi connectivity index (χ0v) is 63.8. The molecule has 0 fully saturated rings. The number of aliphatic hydroxyl groups is 1. The number of carbonyl (C=O) groups excluding carboxylic acids is 4. The van der Waals surface area contributed by atoms with Crippen LogP contribution in [0.5, 0.6) is 0 Å². The third-order valence-electron chi connectivity index (χ3n) is 17.7. The molecule has 564 valence electrons.